The molecule has 30 heavy (non-hydrogen) atoms. The number of hydrogen-bond acceptors (Lipinski definition) is 6. The van der Waals surface area contributed by atoms with E-state index in [1.165, 1.54) is 4.52 Å². The van der Waals surface area contributed by atoms with Gasteiger partial charge in [0.2, 0.25) is 0 Å². The van der Waals surface area contributed by atoms with Crippen LogP contribution in [0.15, 0.2) is 30.7 Å². The second kappa shape index (κ2) is 7.17. The van der Waals surface area contributed by atoms with Gasteiger partial charge in [-0.05, 0) is 31.9 Å². The average Bonchev–Trinajstić information content (AvgIpc) is 3.47. The van der Waals surface area contributed by atoms with Crippen LogP contribution in [0.2, 0.25) is 5.02 Å². The summed E-state index contributed by atoms with van der Waals surface area (Å²) in [6.45, 7) is 3.84. The van der Waals surface area contributed by atoms with Crippen LogP contribution in [-0.4, -0.2) is 43.8 Å². The third-order valence-electron chi connectivity index (χ3n) is 5.57. The van der Waals surface area contributed by atoms with Gasteiger partial charge in [-0.2, -0.15) is 5.10 Å². The van der Waals surface area contributed by atoms with E-state index in [4.69, 9.17) is 17.3 Å². The maximum atomic E-state index is 13.1. The molecular weight excluding hydrogens is 404 g/mol. The Labute approximate surface area is 177 Å². The van der Waals surface area contributed by atoms with Crippen LogP contribution < -0.4 is 16.0 Å². The number of aromatic amines is 1. The standard InChI is InChI=1S/C20H21ClN8O/c1-11(25-20(30)15-18(22)27-29-8-4-5-23-19(15)29)12-9-14(21)13-10-24-26-16(13)17(12)28-6-2-3-7-28/h4-5,8-11H,2-3,6-7H2,1H3,(H2,22,27)(H,24,26)(H,25,30). The molecule has 1 atom stereocenters. The van der Waals surface area contributed by atoms with Crippen LogP contribution in [0.5, 0.6) is 0 Å². The molecule has 1 aliphatic rings. The third-order valence-corrected chi connectivity index (χ3v) is 5.89. The van der Waals surface area contributed by atoms with Crippen LogP contribution >= 0.6 is 11.6 Å². The number of carbonyl (C=O) groups is 1. The van der Waals surface area contributed by atoms with E-state index in [1.54, 1.807) is 24.7 Å². The number of benzene rings is 1. The Bertz CT molecular complexity index is 1260. The number of halogens is 1. The molecular formula is C20H21ClN8O. The highest BCUT2D eigenvalue weighted by atomic mass is 35.5. The molecule has 1 saturated heterocycles. The number of nitrogens with two attached hydrogens (primary N) is 1. The van der Waals surface area contributed by atoms with Crippen molar-refractivity contribution in [3.05, 3.63) is 46.9 Å². The fourth-order valence-electron chi connectivity index (χ4n) is 4.15. The summed E-state index contributed by atoms with van der Waals surface area (Å²) in [5.41, 5.74) is 9.53. The summed E-state index contributed by atoms with van der Waals surface area (Å²) in [7, 11) is 0. The highest BCUT2D eigenvalue weighted by Gasteiger charge is 2.26. The van der Waals surface area contributed by atoms with Crippen molar-refractivity contribution in [3.8, 4) is 0 Å². The highest BCUT2D eigenvalue weighted by molar-refractivity contribution is 6.36. The molecule has 154 valence electrons. The maximum absolute atomic E-state index is 13.1. The Kier molecular flexibility index (Phi) is 4.47. The molecule has 10 heteroatoms. The number of nitrogens with zero attached hydrogens (tertiary/aromatic N) is 5. The first-order chi connectivity index (χ1) is 14.5. The van der Waals surface area contributed by atoms with Gasteiger partial charge in [0.15, 0.2) is 11.5 Å². The van der Waals surface area contributed by atoms with E-state index in [-0.39, 0.29) is 23.3 Å². The van der Waals surface area contributed by atoms with Crippen molar-refractivity contribution in [2.75, 3.05) is 23.7 Å². The summed E-state index contributed by atoms with van der Waals surface area (Å²) in [6.07, 6.45) is 7.30. The van der Waals surface area contributed by atoms with Gasteiger partial charge in [0.1, 0.15) is 5.56 Å². The van der Waals surface area contributed by atoms with E-state index < -0.39 is 0 Å². The molecule has 4 heterocycles. The van der Waals surface area contributed by atoms with Gasteiger partial charge >= 0.3 is 0 Å². The molecule has 1 amide bonds. The smallest absolute Gasteiger partial charge is 0.259 e. The van der Waals surface area contributed by atoms with Crippen LogP contribution in [0.3, 0.4) is 0 Å². The Morgan fingerprint density at radius 3 is 2.97 bits per heavy atom. The zero-order valence-electron chi connectivity index (χ0n) is 16.4. The predicted octanol–water partition coefficient (Wildman–Crippen LogP) is 2.93. The number of amides is 1. The van der Waals surface area contributed by atoms with Crippen molar-refractivity contribution in [2.45, 2.75) is 25.8 Å². The van der Waals surface area contributed by atoms with E-state index in [0.717, 1.165) is 48.1 Å². The van der Waals surface area contributed by atoms with Gasteiger partial charge in [0.25, 0.3) is 5.91 Å². The average molecular weight is 425 g/mol. The molecule has 0 aliphatic carbocycles. The lowest BCUT2D eigenvalue weighted by Crippen LogP contribution is -2.29. The summed E-state index contributed by atoms with van der Waals surface area (Å²) in [4.78, 5) is 19.7. The monoisotopic (exact) mass is 424 g/mol. The minimum absolute atomic E-state index is 0.139. The first kappa shape index (κ1) is 18.7. The van der Waals surface area contributed by atoms with Crippen molar-refractivity contribution in [1.82, 2.24) is 30.1 Å². The van der Waals surface area contributed by atoms with Crippen molar-refractivity contribution in [3.63, 3.8) is 0 Å². The minimum atomic E-state index is -0.332. The van der Waals surface area contributed by atoms with Gasteiger partial charge in [-0.1, -0.05) is 11.6 Å². The molecule has 1 aliphatic heterocycles. The number of rotatable bonds is 4. The molecule has 3 aromatic heterocycles. The number of aromatic nitrogens is 5. The number of fused-ring (bicyclic) bond motifs is 2. The van der Waals surface area contributed by atoms with Gasteiger partial charge in [0, 0.05) is 36.4 Å². The van der Waals surface area contributed by atoms with Crippen LogP contribution in [-0.2, 0) is 0 Å². The second-order valence-corrected chi connectivity index (χ2v) is 7.90. The number of H-pyrrole nitrogens is 1. The van der Waals surface area contributed by atoms with Crippen LogP contribution in [0.4, 0.5) is 11.5 Å². The fraction of sp³-hybridized carbons (Fsp3) is 0.300. The molecule has 1 unspecified atom stereocenters. The summed E-state index contributed by atoms with van der Waals surface area (Å²) in [5.74, 6) is -0.192. The summed E-state index contributed by atoms with van der Waals surface area (Å²) < 4.78 is 1.50. The Morgan fingerprint density at radius 1 is 1.37 bits per heavy atom. The Balaban J connectivity index is 1.54. The first-order valence-electron chi connectivity index (χ1n) is 9.84. The molecule has 0 radical (unpaired) electrons. The molecule has 0 bridgehead atoms. The van der Waals surface area contributed by atoms with E-state index in [2.05, 4.69) is 30.5 Å². The van der Waals surface area contributed by atoms with Gasteiger partial charge in [-0.25, -0.2) is 9.50 Å². The van der Waals surface area contributed by atoms with Crippen molar-refractivity contribution >= 4 is 45.6 Å². The molecule has 4 aromatic rings. The van der Waals surface area contributed by atoms with Crippen LogP contribution in [0.25, 0.3) is 16.6 Å². The molecule has 5 rings (SSSR count). The SMILES string of the molecule is CC(NC(=O)c1c(N)nn2cccnc12)c1cc(Cl)c2cn[nH]c2c1N1CCCC1. The van der Waals surface area contributed by atoms with Gasteiger partial charge < -0.3 is 16.0 Å². The van der Waals surface area contributed by atoms with Crippen LogP contribution in [0.1, 0.15) is 41.7 Å². The largest absolute Gasteiger partial charge is 0.381 e. The van der Waals surface area contributed by atoms with Crippen molar-refractivity contribution in [2.24, 2.45) is 0 Å². The second-order valence-electron chi connectivity index (χ2n) is 7.49. The number of nitrogen functional groups attached to an aromatic ring is 1. The molecule has 9 nitrogen and oxygen atoms in total. The lowest BCUT2D eigenvalue weighted by molar-refractivity contribution is 0.0942. The molecule has 0 spiro atoms. The van der Waals surface area contributed by atoms with Crippen LogP contribution in [0, 0.1) is 0 Å². The van der Waals surface area contributed by atoms with Crippen molar-refractivity contribution in [1.29, 1.82) is 0 Å². The van der Waals surface area contributed by atoms with E-state index >= 15 is 0 Å². The summed E-state index contributed by atoms with van der Waals surface area (Å²) in [6, 6.07) is 3.32. The lowest BCUT2D eigenvalue weighted by Gasteiger charge is -2.26. The summed E-state index contributed by atoms with van der Waals surface area (Å²) in [5, 5.41) is 15.9. The van der Waals surface area contributed by atoms with Gasteiger partial charge in [-0.15, -0.1) is 5.10 Å². The lowest BCUT2D eigenvalue weighted by atomic mass is 10.0. The highest BCUT2D eigenvalue weighted by Crippen LogP contribution is 2.39. The van der Waals surface area contributed by atoms with E-state index in [0.29, 0.717) is 10.7 Å². The topological polar surface area (TPSA) is 117 Å². The first-order valence-corrected chi connectivity index (χ1v) is 10.2. The molecule has 4 N–H and O–H groups in total. The number of carbonyl (C=O) groups excluding carboxylic acids is 1. The van der Waals surface area contributed by atoms with Gasteiger partial charge in [-0.3, -0.25) is 9.89 Å². The van der Waals surface area contributed by atoms with Crippen molar-refractivity contribution < 1.29 is 4.79 Å². The normalized spacial score (nSPS) is 15.2. The van der Waals surface area contributed by atoms with Gasteiger partial charge in [0.05, 0.1) is 28.5 Å². The van der Waals surface area contributed by atoms with E-state index in [1.807, 2.05) is 13.0 Å². The quantitative estimate of drug-likeness (QED) is 0.463. The zero-order valence-corrected chi connectivity index (χ0v) is 17.1. The maximum Gasteiger partial charge on any atom is 0.259 e. The molecule has 0 saturated carbocycles. The minimum Gasteiger partial charge on any atom is -0.381 e. The third kappa shape index (κ3) is 2.93. The molecule has 1 aromatic carbocycles. The van der Waals surface area contributed by atoms with E-state index in [9.17, 15) is 4.79 Å². The fourth-order valence-corrected chi connectivity index (χ4v) is 4.42. The Hall–Kier alpha value is -3.33. The molecule has 1 fully saturated rings. The number of hydrogen-bond donors (Lipinski definition) is 3. The summed E-state index contributed by atoms with van der Waals surface area (Å²) >= 11 is 6.53. The predicted molar refractivity (Wildman–Crippen MR) is 116 cm³/mol. The zero-order chi connectivity index (χ0) is 20.8. The number of anilines is 2. The Morgan fingerprint density at radius 2 is 2.17 bits per heavy atom. The number of nitrogens with one attached hydrogen (secondary N) is 2.